The molecule has 0 radical (unpaired) electrons. The summed E-state index contributed by atoms with van der Waals surface area (Å²) in [4.78, 5) is 51.5. The predicted octanol–water partition coefficient (Wildman–Crippen LogP) is 4.10. The molecular formula is C27H32N4O7. The van der Waals surface area contributed by atoms with E-state index in [1.54, 1.807) is 24.3 Å². The van der Waals surface area contributed by atoms with Crippen molar-refractivity contribution in [1.82, 2.24) is 20.8 Å². The Labute approximate surface area is 220 Å². The topological polar surface area (TPSA) is 154 Å². The number of nitrogens with one attached hydrogen (secondary N) is 2. The summed E-state index contributed by atoms with van der Waals surface area (Å²) in [5.41, 5.74) is 0.778. The van der Waals surface area contributed by atoms with Gasteiger partial charge in [0.1, 0.15) is 12.6 Å². The molecule has 38 heavy (non-hydrogen) atoms. The second kappa shape index (κ2) is 13.9. The summed E-state index contributed by atoms with van der Waals surface area (Å²) in [5.74, 6) is -2.52. The number of unbranched alkanes of at least 4 members (excludes halogenated alkanes) is 1. The van der Waals surface area contributed by atoms with Gasteiger partial charge in [0, 0.05) is 0 Å². The first-order valence-electron chi connectivity index (χ1n) is 12.5. The molecule has 11 nitrogen and oxygen atoms in total. The fourth-order valence-electron chi connectivity index (χ4n) is 3.65. The fourth-order valence-corrected chi connectivity index (χ4v) is 3.65. The van der Waals surface area contributed by atoms with Crippen molar-refractivity contribution in [1.29, 1.82) is 0 Å². The van der Waals surface area contributed by atoms with Crippen molar-refractivity contribution < 1.29 is 32.7 Å². The van der Waals surface area contributed by atoms with Crippen molar-refractivity contribution in [3.8, 4) is 11.7 Å². The zero-order valence-corrected chi connectivity index (χ0v) is 21.6. The number of carbonyl (C=O) groups excluding carboxylic acids is 4. The van der Waals surface area contributed by atoms with Gasteiger partial charge in [-0.1, -0.05) is 63.9 Å². The molecule has 2 aromatic heterocycles. The number of rotatable bonds is 14. The highest BCUT2D eigenvalue weighted by molar-refractivity contribution is 6.38. The molecule has 2 heterocycles. The summed E-state index contributed by atoms with van der Waals surface area (Å²) in [6.07, 6.45) is 2.42. The van der Waals surface area contributed by atoms with E-state index >= 15 is 0 Å². The zero-order valence-electron chi connectivity index (χ0n) is 21.6. The second-order valence-electron chi connectivity index (χ2n) is 9.17. The number of nitrogens with zero attached hydrogens (tertiary/aromatic N) is 2. The van der Waals surface area contributed by atoms with Gasteiger partial charge in [-0.3, -0.25) is 14.4 Å². The Morgan fingerprint density at radius 1 is 0.974 bits per heavy atom. The van der Waals surface area contributed by atoms with Gasteiger partial charge >= 0.3 is 6.09 Å². The smallest absolute Gasteiger partial charge is 0.408 e. The van der Waals surface area contributed by atoms with Crippen LogP contribution in [0.1, 0.15) is 62.7 Å². The first-order valence-corrected chi connectivity index (χ1v) is 12.5. The summed E-state index contributed by atoms with van der Waals surface area (Å²) < 4.78 is 15.8. The van der Waals surface area contributed by atoms with Crippen LogP contribution in [0.4, 0.5) is 4.79 Å². The molecule has 3 aromatic rings. The Morgan fingerprint density at radius 3 is 2.39 bits per heavy atom. The molecule has 0 fully saturated rings. The number of carbonyl (C=O) groups is 4. The van der Waals surface area contributed by atoms with Gasteiger partial charge in [0.15, 0.2) is 5.76 Å². The molecule has 0 saturated heterocycles. The number of aromatic nitrogens is 2. The number of Topliss-reactive ketones (excluding diaryl/α,β-unsaturated/α-hetero) is 2. The molecule has 2 amide bonds. The van der Waals surface area contributed by atoms with Crippen molar-refractivity contribution in [2.45, 2.75) is 65.1 Å². The molecule has 0 unspecified atom stereocenters. The number of amides is 2. The molecule has 0 spiro atoms. The maximum Gasteiger partial charge on any atom is 0.408 e. The highest BCUT2D eigenvalue weighted by atomic mass is 16.5. The SMILES string of the molecule is CCCC[C@H](NC(=O)C(=O)[C@H](CC(C)C)NC(=O)OCc1ccccc1)C(=O)c1nnc(-c2ccco2)o1. The first-order chi connectivity index (χ1) is 18.3. The van der Waals surface area contributed by atoms with Crippen LogP contribution in [-0.2, 0) is 20.9 Å². The van der Waals surface area contributed by atoms with Gasteiger partial charge in [-0.15, -0.1) is 10.2 Å². The minimum absolute atomic E-state index is 0.0119. The molecule has 2 N–H and O–H groups in total. The average Bonchev–Trinajstić information content (AvgIpc) is 3.61. The molecule has 0 aliphatic carbocycles. The van der Waals surface area contributed by atoms with Crippen LogP contribution in [0.2, 0.25) is 0 Å². The first kappa shape index (κ1) is 28.3. The van der Waals surface area contributed by atoms with Gasteiger partial charge in [0.2, 0.25) is 11.6 Å². The number of ether oxygens (including phenoxy) is 1. The number of hydrogen-bond donors (Lipinski definition) is 2. The van der Waals surface area contributed by atoms with Crippen LogP contribution in [0.3, 0.4) is 0 Å². The molecule has 2 atom stereocenters. The lowest BCUT2D eigenvalue weighted by Crippen LogP contribution is -2.51. The third-order valence-corrected chi connectivity index (χ3v) is 5.59. The van der Waals surface area contributed by atoms with E-state index < -0.39 is 35.7 Å². The largest absolute Gasteiger partial charge is 0.459 e. The number of alkyl carbamates (subject to hydrolysis) is 1. The maximum atomic E-state index is 13.1. The highest BCUT2D eigenvalue weighted by Crippen LogP contribution is 2.19. The Bertz CT molecular complexity index is 1210. The molecule has 1 aromatic carbocycles. The van der Waals surface area contributed by atoms with Crippen LogP contribution >= 0.6 is 0 Å². The van der Waals surface area contributed by atoms with Gasteiger partial charge in [0.05, 0.1) is 12.3 Å². The molecule has 0 bridgehead atoms. The Balaban J connectivity index is 1.66. The van der Waals surface area contributed by atoms with E-state index in [9.17, 15) is 19.2 Å². The van der Waals surface area contributed by atoms with E-state index in [1.165, 1.54) is 6.26 Å². The maximum absolute atomic E-state index is 13.1. The minimum atomic E-state index is -1.13. The van der Waals surface area contributed by atoms with E-state index in [0.717, 1.165) is 12.0 Å². The van der Waals surface area contributed by atoms with Crippen molar-refractivity contribution in [3.05, 3.63) is 60.2 Å². The third kappa shape index (κ3) is 8.12. The van der Waals surface area contributed by atoms with Gasteiger partial charge < -0.3 is 24.2 Å². The van der Waals surface area contributed by atoms with E-state index in [2.05, 4.69) is 20.8 Å². The monoisotopic (exact) mass is 524 g/mol. The second-order valence-corrected chi connectivity index (χ2v) is 9.17. The Kier molecular flexibility index (Phi) is 10.3. The summed E-state index contributed by atoms with van der Waals surface area (Å²) in [5, 5.41) is 12.6. The van der Waals surface area contributed by atoms with E-state index in [-0.39, 0.29) is 37.1 Å². The molecule has 0 aliphatic heterocycles. The van der Waals surface area contributed by atoms with E-state index in [0.29, 0.717) is 12.2 Å². The van der Waals surface area contributed by atoms with Crippen LogP contribution in [0.25, 0.3) is 11.7 Å². The normalized spacial score (nSPS) is 12.5. The molecule has 0 aliphatic rings. The number of furan rings is 1. The highest BCUT2D eigenvalue weighted by Gasteiger charge is 2.33. The zero-order chi connectivity index (χ0) is 27.5. The van der Waals surface area contributed by atoms with Crippen LogP contribution in [0, 0.1) is 5.92 Å². The molecule has 3 rings (SSSR count). The fraction of sp³-hybridized carbons (Fsp3) is 0.407. The standard InChI is InChI=1S/C27H32N4O7/c1-4-5-12-19(23(33)26-31-30-25(38-26)21-13-9-14-36-21)28-24(34)22(32)20(15-17(2)3)29-27(35)37-16-18-10-7-6-8-11-18/h6-11,13-14,17,19-20H,4-5,12,15-16H2,1-3H3,(H,28,34)(H,29,35)/t19-,20-/m0/s1. The van der Waals surface area contributed by atoms with Gasteiger partial charge in [-0.2, -0.15) is 0 Å². The van der Waals surface area contributed by atoms with Crippen LogP contribution < -0.4 is 10.6 Å². The van der Waals surface area contributed by atoms with Gasteiger partial charge in [0.25, 0.3) is 17.7 Å². The third-order valence-electron chi connectivity index (χ3n) is 5.59. The lowest BCUT2D eigenvalue weighted by atomic mass is 9.99. The number of ketones is 2. The summed E-state index contributed by atoms with van der Waals surface area (Å²) in [6, 6.07) is 10.1. The van der Waals surface area contributed by atoms with Crippen LogP contribution in [-0.4, -0.2) is 45.8 Å². The Hall–Kier alpha value is -4.28. The van der Waals surface area contributed by atoms with Crippen molar-refractivity contribution in [3.63, 3.8) is 0 Å². The minimum Gasteiger partial charge on any atom is -0.459 e. The summed E-state index contributed by atoms with van der Waals surface area (Å²) in [7, 11) is 0. The number of benzene rings is 1. The predicted molar refractivity (Wildman–Crippen MR) is 136 cm³/mol. The Morgan fingerprint density at radius 2 is 1.74 bits per heavy atom. The van der Waals surface area contributed by atoms with Crippen molar-refractivity contribution in [2.75, 3.05) is 0 Å². The molecule has 11 heteroatoms. The number of hydrogen-bond acceptors (Lipinski definition) is 9. The summed E-state index contributed by atoms with van der Waals surface area (Å²) in [6.45, 7) is 5.66. The van der Waals surface area contributed by atoms with Crippen molar-refractivity contribution >= 4 is 23.6 Å². The van der Waals surface area contributed by atoms with E-state index in [1.807, 2.05) is 39.0 Å². The quantitative estimate of drug-likeness (QED) is 0.234. The van der Waals surface area contributed by atoms with Gasteiger partial charge in [-0.25, -0.2) is 4.79 Å². The van der Waals surface area contributed by atoms with E-state index in [4.69, 9.17) is 13.6 Å². The van der Waals surface area contributed by atoms with Gasteiger partial charge in [-0.05, 0) is 36.5 Å². The molecular weight excluding hydrogens is 492 g/mol. The molecule has 0 saturated carbocycles. The molecule has 202 valence electrons. The lowest BCUT2D eigenvalue weighted by Gasteiger charge is -2.21. The lowest BCUT2D eigenvalue weighted by molar-refractivity contribution is -0.139. The van der Waals surface area contributed by atoms with Crippen LogP contribution in [0.5, 0.6) is 0 Å². The van der Waals surface area contributed by atoms with Crippen LogP contribution in [0.15, 0.2) is 57.6 Å². The average molecular weight is 525 g/mol. The van der Waals surface area contributed by atoms with Crippen molar-refractivity contribution in [2.24, 2.45) is 5.92 Å². The summed E-state index contributed by atoms with van der Waals surface area (Å²) >= 11 is 0.